The molecule has 0 aromatic heterocycles. The molecule has 3 fully saturated rings. The van der Waals surface area contributed by atoms with Crippen LogP contribution in [0, 0.1) is 5.92 Å². The van der Waals surface area contributed by atoms with Gasteiger partial charge in [0, 0.05) is 59.6 Å². The highest BCUT2D eigenvalue weighted by molar-refractivity contribution is 5.80. The number of hydrogen-bond donors (Lipinski definition) is 1. The molecule has 0 radical (unpaired) electrons. The molecule has 1 aliphatic carbocycles. The lowest BCUT2D eigenvalue weighted by Crippen LogP contribution is -2.50. The van der Waals surface area contributed by atoms with Crippen molar-refractivity contribution in [3.8, 4) is 0 Å². The number of guanidine groups is 1. The van der Waals surface area contributed by atoms with Crippen LogP contribution in [0.1, 0.15) is 64.2 Å². The lowest BCUT2D eigenvalue weighted by molar-refractivity contribution is 0.00986. The largest absolute Gasteiger partial charge is 0.385 e. The molecule has 2 saturated heterocycles. The number of nitrogens with zero attached hydrogens (tertiary/aromatic N) is 3. The molecule has 3 rings (SSSR count). The van der Waals surface area contributed by atoms with Crippen molar-refractivity contribution in [2.24, 2.45) is 10.9 Å². The van der Waals surface area contributed by atoms with Crippen LogP contribution in [0.3, 0.4) is 0 Å². The Bertz CT molecular complexity index is 473. The van der Waals surface area contributed by atoms with E-state index in [4.69, 9.17) is 9.47 Å². The number of ether oxygens (including phenoxy) is 2. The van der Waals surface area contributed by atoms with Gasteiger partial charge in [0.25, 0.3) is 0 Å². The van der Waals surface area contributed by atoms with Crippen LogP contribution in [0.4, 0.5) is 0 Å². The molecular formula is C23H44N4O2. The van der Waals surface area contributed by atoms with Gasteiger partial charge in [0.15, 0.2) is 5.96 Å². The van der Waals surface area contributed by atoms with Gasteiger partial charge in [-0.1, -0.05) is 19.3 Å². The molecule has 1 saturated carbocycles. The fourth-order valence-electron chi connectivity index (χ4n) is 5.30. The molecule has 1 atom stereocenters. The summed E-state index contributed by atoms with van der Waals surface area (Å²) in [6, 6.07) is 0.676. The maximum atomic E-state index is 6.00. The third-order valence-electron chi connectivity index (χ3n) is 7.01. The van der Waals surface area contributed by atoms with E-state index in [-0.39, 0.29) is 0 Å². The third-order valence-corrected chi connectivity index (χ3v) is 7.01. The lowest BCUT2D eigenvalue weighted by Gasteiger charge is -2.35. The van der Waals surface area contributed by atoms with Gasteiger partial charge >= 0.3 is 0 Å². The molecule has 2 aliphatic heterocycles. The maximum absolute atomic E-state index is 6.00. The van der Waals surface area contributed by atoms with Crippen LogP contribution in [0.25, 0.3) is 0 Å². The van der Waals surface area contributed by atoms with Crippen LogP contribution in [0.2, 0.25) is 0 Å². The maximum Gasteiger partial charge on any atom is 0.193 e. The Hall–Kier alpha value is -0.850. The smallest absolute Gasteiger partial charge is 0.193 e. The first-order chi connectivity index (χ1) is 14.3. The van der Waals surface area contributed by atoms with Gasteiger partial charge in [-0.3, -0.25) is 9.89 Å². The molecule has 2 heterocycles. The molecule has 0 aromatic carbocycles. The first-order valence-electron chi connectivity index (χ1n) is 12.1. The van der Waals surface area contributed by atoms with E-state index in [1.54, 1.807) is 7.11 Å². The second kappa shape index (κ2) is 12.8. The number of likely N-dealkylation sites (tertiary alicyclic amines) is 2. The van der Waals surface area contributed by atoms with Crippen LogP contribution >= 0.6 is 0 Å². The molecular weight excluding hydrogens is 364 g/mol. The molecule has 0 aromatic rings. The van der Waals surface area contributed by atoms with Gasteiger partial charge in [-0.2, -0.15) is 0 Å². The Kier molecular flexibility index (Phi) is 10.0. The average molecular weight is 409 g/mol. The summed E-state index contributed by atoms with van der Waals surface area (Å²) in [5.74, 6) is 2.01. The molecule has 0 spiro atoms. The SMILES string of the molecule is CN=C(NCC1CCCN1CC1CCCCC1)N1CCC(OCCCOC)CC1. The highest BCUT2D eigenvalue weighted by Gasteiger charge is 2.28. The number of hydrogen-bond acceptors (Lipinski definition) is 4. The van der Waals surface area contributed by atoms with Gasteiger partial charge in [-0.05, 0) is 57.4 Å². The van der Waals surface area contributed by atoms with Gasteiger partial charge in [-0.15, -0.1) is 0 Å². The molecule has 0 amide bonds. The summed E-state index contributed by atoms with van der Waals surface area (Å²) in [5.41, 5.74) is 0. The topological polar surface area (TPSA) is 49.3 Å². The Morgan fingerprint density at radius 3 is 2.48 bits per heavy atom. The quantitative estimate of drug-likeness (QED) is 0.361. The van der Waals surface area contributed by atoms with Crippen molar-refractivity contribution in [3.63, 3.8) is 0 Å². The van der Waals surface area contributed by atoms with E-state index < -0.39 is 0 Å². The Morgan fingerprint density at radius 2 is 1.76 bits per heavy atom. The highest BCUT2D eigenvalue weighted by atomic mass is 16.5. The number of nitrogens with one attached hydrogen (secondary N) is 1. The van der Waals surface area contributed by atoms with Gasteiger partial charge in [0.2, 0.25) is 0 Å². The molecule has 6 heteroatoms. The Balaban J connectivity index is 1.36. The summed E-state index contributed by atoms with van der Waals surface area (Å²) < 4.78 is 11.1. The van der Waals surface area contributed by atoms with Crippen LogP contribution in [-0.4, -0.2) is 88.0 Å². The molecule has 3 aliphatic rings. The fraction of sp³-hybridized carbons (Fsp3) is 0.957. The molecule has 168 valence electrons. The number of aliphatic imine (C=N–C) groups is 1. The molecule has 1 unspecified atom stereocenters. The second-order valence-corrected chi connectivity index (χ2v) is 9.13. The van der Waals surface area contributed by atoms with E-state index in [1.807, 2.05) is 7.05 Å². The summed E-state index contributed by atoms with van der Waals surface area (Å²) in [7, 11) is 3.67. The van der Waals surface area contributed by atoms with Crippen molar-refractivity contribution >= 4 is 5.96 Å². The van der Waals surface area contributed by atoms with Crippen LogP contribution in [0.15, 0.2) is 4.99 Å². The van der Waals surface area contributed by atoms with Crippen molar-refractivity contribution in [3.05, 3.63) is 0 Å². The third kappa shape index (κ3) is 7.41. The monoisotopic (exact) mass is 408 g/mol. The minimum absolute atomic E-state index is 0.391. The van der Waals surface area contributed by atoms with Gasteiger partial charge in [0.1, 0.15) is 0 Å². The zero-order valence-corrected chi connectivity index (χ0v) is 18.9. The zero-order valence-electron chi connectivity index (χ0n) is 18.9. The predicted molar refractivity (Wildman–Crippen MR) is 120 cm³/mol. The molecule has 1 N–H and O–H groups in total. The minimum atomic E-state index is 0.391. The number of rotatable bonds is 9. The number of methoxy groups -OCH3 is 1. The fourth-order valence-corrected chi connectivity index (χ4v) is 5.30. The highest BCUT2D eigenvalue weighted by Crippen LogP contribution is 2.27. The van der Waals surface area contributed by atoms with Crippen molar-refractivity contribution in [1.29, 1.82) is 0 Å². The van der Waals surface area contributed by atoms with Crippen molar-refractivity contribution in [1.82, 2.24) is 15.1 Å². The molecule has 6 nitrogen and oxygen atoms in total. The minimum Gasteiger partial charge on any atom is -0.385 e. The van der Waals surface area contributed by atoms with Crippen LogP contribution < -0.4 is 5.32 Å². The van der Waals surface area contributed by atoms with Crippen molar-refractivity contribution in [2.75, 3.05) is 60.1 Å². The summed E-state index contributed by atoms with van der Waals surface area (Å²) in [6.07, 6.45) is 13.5. The van der Waals surface area contributed by atoms with Gasteiger partial charge < -0.3 is 19.7 Å². The van der Waals surface area contributed by atoms with Crippen LogP contribution in [0.5, 0.6) is 0 Å². The summed E-state index contributed by atoms with van der Waals surface area (Å²) >= 11 is 0. The van der Waals surface area contributed by atoms with Crippen molar-refractivity contribution in [2.45, 2.75) is 76.4 Å². The Labute approximate surface area is 178 Å². The first-order valence-corrected chi connectivity index (χ1v) is 12.1. The van der Waals surface area contributed by atoms with E-state index in [1.165, 1.54) is 58.0 Å². The standard InChI is InChI=1S/C23H44N4O2/c1-24-23(26-14-11-22(12-15-26)29-17-7-16-28-2)25-18-21-10-6-13-27(21)19-20-8-4-3-5-9-20/h20-22H,3-19H2,1-2H3,(H,24,25). The number of piperidine rings is 1. The van der Waals surface area contributed by atoms with E-state index >= 15 is 0 Å². The molecule has 29 heavy (non-hydrogen) atoms. The van der Waals surface area contributed by atoms with E-state index in [2.05, 4.69) is 20.1 Å². The van der Waals surface area contributed by atoms with Gasteiger partial charge in [-0.25, -0.2) is 0 Å². The molecule has 0 bridgehead atoms. The summed E-state index contributed by atoms with van der Waals surface area (Å²) in [4.78, 5) is 9.75. The summed E-state index contributed by atoms with van der Waals surface area (Å²) in [6.45, 7) is 7.30. The van der Waals surface area contributed by atoms with Crippen molar-refractivity contribution < 1.29 is 9.47 Å². The van der Waals surface area contributed by atoms with Crippen LogP contribution in [-0.2, 0) is 9.47 Å². The normalized spacial score (nSPS) is 25.7. The van der Waals surface area contributed by atoms with Gasteiger partial charge in [0.05, 0.1) is 6.10 Å². The van der Waals surface area contributed by atoms with E-state index in [9.17, 15) is 0 Å². The van der Waals surface area contributed by atoms with E-state index in [0.29, 0.717) is 12.1 Å². The zero-order chi connectivity index (χ0) is 20.3. The second-order valence-electron chi connectivity index (χ2n) is 9.13. The average Bonchev–Trinajstić information content (AvgIpc) is 3.20. The first kappa shape index (κ1) is 22.8. The predicted octanol–water partition coefficient (Wildman–Crippen LogP) is 3.12. The van der Waals surface area contributed by atoms with E-state index in [0.717, 1.165) is 64.0 Å². The summed E-state index contributed by atoms with van der Waals surface area (Å²) in [5, 5.41) is 3.70. The Morgan fingerprint density at radius 1 is 0.966 bits per heavy atom. The lowest BCUT2D eigenvalue weighted by atomic mass is 9.89.